The maximum Gasteiger partial charge on any atom is 0.282 e. The molecule has 0 saturated heterocycles. The van der Waals surface area contributed by atoms with Crippen molar-refractivity contribution < 1.29 is 14.5 Å². The molecule has 2 rings (SSSR count). The highest BCUT2D eigenvalue weighted by atomic mass is 16.6. The molecule has 0 radical (unpaired) electrons. The average molecular weight is 300 g/mol. The number of carbonyl (C=O) groups excluding carboxylic acids is 1. The van der Waals surface area contributed by atoms with Gasteiger partial charge in [-0.15, -0.1) is 0 Å². The summed E-state index contributed by atoms with van der Waals surface area (Å²) in [7, 11) is 0. The van der Waals surface area contributed by atoms with E-state index >= 15 is 0 Å². The lowest BCUT2D eigenvalue weighted by molar-refractivity contribution is -0.385. The topological polar surface area (TPSA) is 81.5 Å². The van der Waals surface area contributed by atoms with Crippen LogP contribution in [0.4, 0.5) is 5.69 Å². The molecule has 0 aliphatic rings. The second-order valence-electron chi connectivity index (χ2n) is 4.55. The molecule has 114 valence electrons. The summed E-state index contributed by atoms with van der Waals surface area (Å²) in [6.45, 7) is 0.846. The summed E-state index contributed by atoms with van der Waals surface area (Å²) < 4.78 is 5.50. The highest BCUT2D eigenvalue weighted by Gasteiger charge is 2.18. The minimum atomic E-state index is -0.562. The predicted octanol–water partition coefficient (Wildman–Crippen LogP) is 2.79. The fraction of sp³-hybridized carbons (Fsp3) is 0.188. The van der Waals surface area contributed by atoms with Crippen molar-refractivity contribution >= 4 is 11.6 Å². The van der Waals surface area contributed by atoms with Crippen LogP contribution in [0, 0.1) is 10.1 Å². The molecule has 0 saturated carbocycles. The number of nitro benzene ring substituents is 1. The molecule has 22 heavy (non-hydrogen) atoms. The standard InChI is InChI=1S/C16H16N2O4/c19-16(14-9-4-5-10-15(14)18(20)21)17-11-6-12-22-13-7-2-1-3-8-13/h1-5,7-10H,6,11-12H2,(H,17,19). The van der Waals surface area contributed by atoms with Gasteiger partial charge in [-0.05, 0) is 24.6 Å². The first-order valence-electron chi connectivity index (χ1n) is 6.88. The van der Waals surface area contributed by atoms with Crippen LogP contribution in [0.5, 0.6) is 5.75 Å². The van der Waals surface area contributed by atoms with Crippen LogP contribution in [0.15, 0.2) is 54.6 Å². The van der Waals surface area contributed by atoms with E-state index in [4.69, 9.17) is 4.74 Å². The number of nitrogens with zero attached hydrogens (tertiary/aromatic N) is 1. The van der Waals surface area contributed by atoms with Gasteiger partial charge in [-0.3, -0.25) is 14.9 Å². The zero-order valence-electron chi connectivity index (χ0n) is 11.9. The zero-order valence-corrected chi connectivity index (χ0v) is 11.9. The quantitative estimate of drug-likeness (QED) is 0.484. The van der Waals surface area contributed by atoms with Gasteiger partial charge < -0.3 is 10.1 Å². The summed E-state index contributed by atoms with van der Waals surface area (Å²) in [5.41, 5.74) is -0.128. The number of hydrogen-bond acceptors (Lipinski definition) is 4. The summed E-state index contributed by atoms with van der Waals surface area (Å²) in [6.07, 6.45) is 0.612. The Hall–Kier alpha value is -2.89. The van der Waals surface area contributed by atoms with Gasteiger partial charge in [0.1, 0.15) is 11.3 Å². The second kappa shape index (κ2) is 7.78. The highest BCUT2D eigenvalue weighted by Crippen LogP contribution is 2.17. The van der Waals surface area contributed by atoms with Crippen molar-refractivity contribution in [1.82, 2.24) is 5.32 Å². The van der Waals surface area contributed by atoms with Crippen LogP contribution in [-0.2, 0) is 0 Å². The molecule has 2 aromatic rings. The highest BCUT2D eigenvalue weighted by molar-refractivity contribution is 5.98. The molecule has 2 aromatic carbocycles. The van der Waals surface area contributed by atoms with Crippen LogP contribution < -0.4 is 10.1 Å². The number of hydrogen-bond donors (Lipinski definition) is 1. The molecule has 0 spiro atoms. The Morgan fingerprint density at radius 3 is 2.50 bits per heavy atom. The molecule has 6 heteroatoms. The van der Waals surface area contributed by atoms with E-state index in [0.717, 1.165) is 5.75 Å². The van der Waals surface area contributed by atoms with Crippen molar-refractivity contribution in [2.75, 3.05) is 13.2 Å². The minimum Gasteiger partial charge on any atom is -0.494 e. The average Bonchev–Trinajstić information content (AvgIpc) is 2.55. The third kappa shape index (κ3) is 4.31. The van der Waals surface area contributed by atoms with E-state index < -0.39 is 10.8 Å². The third-order valence-corrected chi connectivity index (χ3v) is 2.96. The molecular formula is C16H16N2O4. The first-order valence-corrected chi connectivity index (χ1v) is 6.88. The third-order valence-electron chi connectivity index (χ3n) is 2.96. The summed E-state index contributed by atoms with van der Waals surface area (Å²) >= 11 is 0. The molecule has 0 bridgehead atoms. The summed E-state index contributed by atoms with van der Waals surface area (Å²) in [4.78, 5) is 22.2. The lowest BCUT2D eigenvalue weighted by Crippen LogP contribution is -2.26. The van der Waals surface area contributed by atoms with Gasteiger partial charge in [0.25, 0.3) is 11.6 Å². The molecule has 0 fully saturated rings. The first kappa shape index (κ1) is 15.5. The normalized spacial score (nSPS) is 10.0. The summed E-state index contributed by atoms with van der Waals surface area (Å²) in [6, 6.07) is 15.2. The maximum absolute atomic E-state index is 11.9. The number of amides is 1. The maximum atomic E-state index is 11.9. The number of ether oxygens (including phenoxy) is 1. The fourth-order valence-corrected chi connectivity index (χ4v) is 1.90. The molecule has 0 aromatic heterocycles. The van der Waals surface area contributed by atoms with Crippen LogP contribution in [0.1, 0.15) is 16.8 Å². The number of benzene rings is 2. The smallest absolute Gasteiger partial charge is 0.282 e. The van der Waals surface area contributed by atoms with Gasteiger partial charge in [0.2, 0.25) is 0 Å². The van der Waals surface area contributed by atoms with Crippen molar-refractivity contribution in [1.29, 1.82) is 0 Å². The first-order chi connectivity index (χ1) is 10.7. The zero-order chi connectivity index (χ0) is 15.8. The molecule has 6 nitrogen and oxygen atoms in total. The molecule has 0 unspecified atom stereocenters. The van der Waals surface area contributed by atoms with Crippen LogP contribution in [0.3, 0.4) is 0 Å². The minimum absolute atomic E-state index is 0.0662. The monoisotopic (exact) mass is 300 g/mol. The van der Waals surface area contributed by atoms with Crippen LogP contribution in [-0.4, -0.2) is 24.0 Å². The van der Waals surface area contributed by atoms with Gasteiger partial charge in [0.05, 0.1) is 11.5 Å². The number of nitrogens with one attached hydrogen (secondary N) is 1. The molecule has 1 N–H and O–H groups in total. The van der Waals surface area contributed by atoms with Crippen molar-refractivity contribution in [3.63, 3.8) is 0 Å². The molecule has 0 aliphatic heterocycles. The Bertz CT molecular complexity index is 644. The van der Waals surface area contributed by atoms with E-state index in [9.17, 15) is 14.9 Å². The molecular weight excluding hydrogens is 284 g/mol. The Balaban J connectivity index is 1.78. The Morgan fingerprint density at radius 1 is 1.09 bits per heavy atom. The second-order valence-corrected chi connectivity index (χ2v) is 4.55. The van der Waals surface area contributed by atoms with Crippen LogP contribution in [0.2, 0.25) is 0 Å². The fourth-order valence-electron chi connectivity index (χ4n) is 1.90. The Labute approximate surface area is 127 Å². The SMILES string of the molecule is O=C(NCCCOc1ccccc1)c1ccccc1[N+](=O)[O-]. The van der Waals surface area contributed by atoms with E-state index in [-0.39, 0.29) is 11.3 Å². The Morgan fingerprint density at radius 2 is 1.77 bits per heavy atom. The lowest BCUT2D eigenvalue weighted by Gasteiger charge is -2.07. The molecule has 0 heterocycles. The van der Waals surface area contributed by atoms with E-state index in [1.165, 1.54) is 18.2 Å². The van der Waals surface area contributed by atoms with E-state index in [1.54, 1.807) is 6.07 Å². The largest absolute Gasteiger partial charge is 0.494 e. The van der Waals surface area contributed by atoms with Gasteiger partial charge in [0, 0.05) is 12.6 Å². The van der Waals surface area contributed by atoms with E-state index in [1.807, 2.05) is 30.3 Å². The number of nitro groups is 1. The van der Waals surface area contributed by atoms with Crippen molar-refractivity contribution in [3.8, 4) is 5.75 Å². The molecule has 1 amide bonds. The van der Waals surface area contributed by atoms with Crippen molar-refractivity contribution in [2.24, 2.45) is 0 Å². The predicted molar refractivity (Wildman–Crippen MR) is 82.0 cm³/mol. The van der Waals surface area contributed by atoms with Crippen molar-refractivity contribution in [3.05, 3.63) is 70.3 Å². The summed E-state index contributed by atoms with van der Waals surface area (Å²) in [5.74, 6) is 0.319. The molecule has 0 aliphatic carbocycles. The van der Waals surface area contributed by atoms with E-state index in [0.29, 0.717) is 19.6 Å². The van der Waals surface area contributed by atoms with Gasteiger partial charge >= 0.3 is 0 Å². The van der Waals surface area contributed by atoms with Crippen molar-refractivity contribution in [2.45, 2.75) is 6.42 Å². The Kier molecular flexibility index (Phi) is 5.48. The van der Waals surface area contributed by atoms with E-state index in [2.05, 4.69) is 5.32 Å². The number of rotatable bonds is 7. The number of para-hydroxylation sites is 2. The van der Waals surface area contributed by atoms with Gasteiger partial charge in [-0.1, -0.05) is 30.3 Å². The van der Waals surface area contributed by atoms with Gasteiger partial charge in [-0.2, -0.15) is 0 Å². The number of carbonyl (C=O) groups is 1. The van der Waals surface area contributed by atoms with Gasteiger partial charge in [-0.25, -0.2) is 0 Å². The summed E-state index contributed by atoms with van der Waals surface area (Å²) in [5, 5.41) is 13.5. The lowest BCUT2D eigenvalue weighted by atomic mass is 10.1. The molecule has 0 atom stereocenters. The van der Waals surface area contributed by atoms with Gasteiger partial charge in [0.15, 0.2) is 0 Å². The van der Waals surface area contributed by atoms with Crippen LogP contribution >= 0.6 is 0 Å². The van der Waals surface area contributed by atoms with Crippen LogP contribution in [0.25, 0.3) is 0 Å².